The first-order valence-corrected chi connectivity index (χ1v) is 8.46. The van der Waals surface area contributed by atoms with Crippen molar-refractivity contribution in [3.8, 4) is 11.5 Å². The number of methoxy groups -OCH3 is 1. The third kappa shape index (κ3) is 0.976. The number of likely N-dealkylation sites (N-methyl/N-ethyl adjacent to an activating group) is 1. The maximum Gasteiger partial charge on any atom is 0.166 e. The zero-order chi connectivity index (χ0) is 14.7. The summed E-state index contributed by atoms with van der Waals surface area (Å²) in [6.45, 7) is 1.14. The summed E-state index contributed by atoms with van der Waals surface area (Å²) in [6, 6.07) is 4.84. The third-order valence-electron chi connectivity index (χ3n) is 7.20. The smallest absolute Gasteiger partial charge is 0.166 e. The molecule has 4 heterocycles. The van der Waals surface area contributed by atoms with Crippen LogP contribution in [0, 0.1) is 0 Å². The minimum atomic E-state index is -0.0278. The summed E-state index contributed by atoms with van der Waals surface area (Å²) in [5.41, 5.74) is 2.94. The Morgan fingerprint density at radius 1 is 1.32 bits per heavy atom. The van der Waals surface area contributed by atoms with E-state index in [1.807, 2.05) is 0 Å². The van der Waals surface area contributed by atoms with E-state index in [1.54, 1.807) is 7.11 Å². The number of likely N-dealkylation sites (tertiary alicyclic amines) is 1. The second-order valence-electron chi connectivity index (χ2n) is 7.68. The molecule has 4 bridgehead atoms. The average Bonchev–Trinajstić information content (AvgIpc) is 3.16. The van der Waals surface area contributed by atoms with E-state index in [9.17, 15) is 0 Å². The quantitative estimate of drug-likeness (QED) is 0.792. The Balaban J connectivity index is 1.71. The van der Waals surface area contributed by atoms with Crippen molar-refractivity contribution in [1.82, 2.24) is 4.90 Å². The molecule has 0 amide bonds. The van der Waals surface area contributed by atoms with Gasteiger partial charge < -0.3 is 19.1 Å². The summed E-state index contributed by atoms with van der Waals surface area (Å²) >= 11 is 0. The van der Waals surface area contributed by atoms with Crippen molar-refractivity contribution in [1.29, 1.82) is 0 Å². The van der Waals surface area contributed by atoms with Gasteiger partial charge in [-0.1, -0.05) is 6.07 Å². The Kier molecular flexibility index (Phi) is 1.92. The lowest BCUT2D eigenvalue weighted by molar-refractivity contribution is -0.115. The molecule has 1 unspecified atom stereocenters. The lowest BCUT2D eigenvalue weighted by atomic mass is 9.51. The molecule has 0 saturated carbocycles. The van der Waals surface area contributed by atoms with Crippen LogP contribution in [0.1, 0.15) is 30.4 Å². The van der Waals surface area contributed by atoms with Gasteiger partial charge in [0.05, 0.1) is 24.2 Å². The molecule has 5 atom stereocenters. The van der Waals surface area contributed by atoms with E-state index in [4.69, 9.17) is 14.2 Å². The van der Waals surface area contributed by atoms with Crippen LogP contribution in [0.15, 0.2) is 12.1 Å². The molecule has 6 rings (SSSR count). The van der Waals surface area contributed by atoms with Gasteiger partial charge in [0.15, 0.2) is 11.5 Å². The molecule has 0 aromatic heterocycles. The molecule has 1 aromatic carbocycles. The highest BCUT2D eigenvalue weighted by molar-refractivity contribution is 5.64. The van der Waals surface area contributed by atoms with E-state index in [0.717, 1.165) is 37.3 Å². The molecule has 2 spiro atoms. The van der Waals surface area contributed by atoms with Gasteiger partial charge in [-0.3, -0.25) is 0 Å². The van der Waals surface area contributed by atoms with Crippen LogP contribution < -0.4 is 9.47 Å². The molecule has 3 fully saturated rings. The molecule has 1 aromatic rings. The summed E-state index contributed by atoms with van der Waals surface area (Å²) in [4.78, 5) is 2.53. The molecule has 4 nitrogen and oxygen atoms in total. The van der Waals surface area contributed by atoms with Gasteiger partial charge in [-0.05, 0) is 50.9 Å². The molecule has 4 heteroatoms. The Bertz CT molecular complexity index is 704. The number of benzene rings is 1. The monoisotopic (exact) mass is 299 g/mol. The van der Waals surface area contributed by atoms with E-state index >= 15 is 0 Å². The highest BCUT2D eigenvalue weighted by Crippen LogP contribution is 2.71. The maximum absolute atomic E-state index is 6.67. The number of rotatable bonds is 1. The number of hydrogen-bond acceptors (Lipinski definition) is 4. The summed E-state index contributed by atoms with van der Waals surface area (Å²) in [7, 11) is 4.01. The van der Waals surface area contributed by atoms with E-state index in [0.29, 0.717) is 6.04 Å². The van der Waals surface area contributed by atoms with Gasteiger partial charge in [0.25, 0.3) is 0 Å². The molecule has 3 saturated heterocycles. The topological polar surface area (TPSA) is 30.9 Å². The van der Waals surface area contributed by atoms with Crippen molar-refractivity contribution in [2.75, 3.05) is 20.7 Å². The van der Waals surface area contributed by atoms with Crippen LogP contribution in [0.3, 0.4) is 0 Å². The summed E-state index contributed by atoms with van der Waals surface area (Å²) in [5.74, 6) is 1.92. The Morgan fingerprint density at radius 3 is 3.09 bits per heavy atom. The van der Waals surface area contributed by atoms with E-state index < -0.39 is 0 Å². The zero-order valence-corrected chi connectivity index (χ0v) is 13.1. The number of ether oxygens (including phenoxy) is 3. The Hall–Kier alpha value is -1.26. The molecular weight excluding hydrogens is 278 g/mol. The maximum atomic E-state index is 6.67. The Morgan fingerprint density at radius 2 is 2.23 bits per heavy atom. The lowest BCUT2D eigenvalue weighted by Gasteiger charge is -2.58. The van der Waals surface area contributed by atoms with Gasteiger partial charge in [0.1, 0.15) is 6.10 Å². The number of piperidine rings is 1. The molecule has 4 aliphatic heterocycles. The van der Waals surface area contributed by atoms with Crippen LogP contribution in [-0.4, -0.2) is 49.5 Å². The van der Waals surface area contributed by atoms with Crippen LogP contribution in [0.4, 0.5) is 0 Å². The molecule has 0 N–H and O–H groups in total. The molecule has 0 radical (unpaired) electrons. The van der Waals surface area contributed by atoms with E-state index in [1.165, 1.54) is 17.5 Å². The lowest BCUT2D eigenvalue weighted by Crippen LogP contribution is -2.70. The average molecular weight is 299 g/mol. The minimum Gasteiger partial charge on any atom is -0.493 e. The molecule has 22 heavy (non-hydrogen) atoms. The van der Waals surface area contributed by atoms with Crippen molar-refractivity contribution in [2.45, 2.75) is 54.9 Å². The number of nitrogens with zero attached hydrogens (tertiary/aromatic N) is 1. The summed E-state index contributed by atoms with van der Waals surface area (Å²) in [5, 5.41) is 0. The summed E-state index contributed by atoms with van der Waals surface area (Å²) in [6.07, 6.45) is 5.01. The van der Waals surface area contributed by atoms with E-state index in [2.05, 4.69) is 24.1 Å². The standard InChI is InChI=1S/C18H21NO3/c1-19-8-7-17-14-10-3-4-11(20-2)15(14)21-16(17)12-5-6-18(17,22-12)13(19)9-10/h3-4,12-13,16H,5-9H2,1-2H3/t12-,13?,16-,17-,18+/m1/s1. The van der Waals surface area contributed by atoms with Gasteiger partial charge >= 0.3 is 0 Å². The second kappa shape index (κ2) is 3.46. The SMILES string of the molecule is COc1ccc2c3c1O[C@@H]1[C@H]4CC[C@]5(O4)C(C2)N(C)CC[C@@]315. The van der Waals surface area contributed by atoms with Gasteiger partial charge in [-0.15, -0.1) is 0 Å². The van der Waals surface area contributed by atoms with Crippen LogP contribution in [0.25, 0.3) is 0 Å². The molecular formula is C18H21NO3. The number of fused-ring (bicyclic) bond motifs is 2. The van der Waals surface area contributed by atoms with E-state index in [-0.39, 0.29) is 23.2 Å². The van der Waals surface area contributed by atoms with Crippen LogP contribution in [0.5, 0.6) is 11.5 Å². The first-order valence-electron chi connectivity index (χ1n) is 8.46. The third-order valence-corrected chi connectivity index (χ3v) is 7.20. The minimum absolute atomic E-state index is 0.0278. The van der Waals surface area contributed by atoms with Crippen LogP contribution in [-0.2, 0) is 16.6 Å². The fourth-order valence-electron chi connectivity index (χ4n) is 6.46. The first kappa shape index (κ1) is 12.2. The Labute approximate surface area is 130 Å². The van der Waals surface area contributed by atoms with Gasteiger partial charge in [-0.25, -0.2) is 0 Å². The normalized spacial score (nSPS) is 46.5. The van der Waals surface area contributed by atoms with Crippen molar-refractivity contribution < 1.29 is 14.2 Å². The predicted molar refractivity (Wildman–Crippen MR) is 80.7 cm³/mol. The fourth-order valence-corrected chi connectivity index (χ4v) is 6.46. The van der Waals surface area contributed by atoms with Crippen LogP contribution >= 0.6 is 0 Å². The highest BCUT2D eigenvalue weighted by atomic mass is 16.6. The van der Waals surface area contributed by atoms with Crippen LogP contribution in [0.2, 0.25) is 0 Å². The zero-order valence-electron chi connectivity index (χ0n) is 13.1. The fraction of sp³-hybridized carbons (Fsp3) is 0.667. The number of hydrogen-bond donors (Lipinski definition) is 0. The first-order chi connectivity index (χ1) is 10.7. The van der Waals surface area contributed by atoms with Crippen molar-refractivity contribution >= 4 is 0 Å². The van der Waals surface area contributed by atoms with Crippen molar-refractivity contribution in [3.05, 3.63) is 23.3 Å². The second-order valence-corrected chi connectivity index (χ2v) is 7.68. The molecule has 116 valence electrons. The molecule has 5 aliphatic rings. The van der Waals surface area contributed by atoms with Gasteiger partial charge in [0.2, 0.25) is 0 Å². The van der Waals surface area contributed by atoms with Gasteiger partial charge in [-0.2, -0.15) is 0 Å². The molecule has 1 aliphatic carbocycles. The van der Waals surface area contributed by atoms with Gasteiger partial charge in [0, 0.05) is 11.6 Å². The largest absolute Gasteiger partial charge is 0.493 e. The van der Waals surface area contributed by atoms with Crippen molar-refractivity contribution in [3.63, 3.8) is 0 Å². The van der Waals surface area contributed by atoms with Crippen molar-refractivity contribution in [2.24, 2.45) is 0 Å². The highest BCUT2D eigenvalue weighted by Gasteiger charge is 2.79. The summed E-state index contributed by atoms with van der Waals surface area (Å²) < 4.78 is 18.8. The predicted octanol–water partition coefficient (Wildman–Crippen LogP) is 1.89.